The van der Waals surface area contributed by atoms with Crippen molar-refractivity contribution in [2.75, 3.05) is 0 Å². The van der Waals surface area contributed by atoms with E-state index in [1.807, 2.05) is 59.2 Å². The van der Waals surface area contributed by atoms with Crippen LogP contribution in [0.25, 0.3) is 28.4 Å². The molecule has 2 aromatic heterocycles. The number of para-hydroxylation sites is 1. The first-order valence-electron chi connectivity index (χ1n) is 7.04. The Morgan fingerprint density at radius 2 is 1.73 bits per heavy atom. The molecule has 0 N–H and O–H groups in total. The molecule has 0 saturated carbocycles. The summed E-state index contributed by atoms with van der Waals surface area (Å²) in [5.41, 5.74) is 2.60. The van der Waals surface area contributed by atoms with Crippen molar-refractivity contribution in [1.82, 2.24) is 9.73 Å². The molecule has 0 aliphatic rings. The zero-order valence-corrected chi connectivity index (χ0v) is 11.8. The summed E-state index contributed by atoms with van der Waals surface area (Å²) < 4.78 is 3.40. The van der Waals surface area contributed by atoms with Crippen LogP contribution in [0.5, 0.6) is 0 Å². The van der Waals surface area contributed by atoms with Gasteiger partial charge in [0.1, 0.15) is 11.4 Å². The third-order valence-corrected chi connectivity index (χ3v) is 3.61. The van der Waals surface area contributed by atoms with Crippen LogP contribution in [-0.4, -0.2) is 9.73 Å². The summed E-state index contributed by atoms with van der Waals surface area (Å²) in [6.45, 7) is 0. The average Bonchev–Trinajstić information content (AvgIpc) is 2.98. The molecule has 0 aliphatic carbocycles. The molecule has 4 nitrogen and oxygen atoms in total. The molecule has 0 saturated heterocycles. The summed E-state index contributed by atoms with van der Waals surface area (Å²) in [5.74, 6) is -0.0710. The highest BCUT2D eigenvalue weighted by Crippen LogP contribution is 2.14. The molecule has 0 unspecified atom stereocenters. The summed E-state index contributed by atoms with van der Waals surface area (Å²) >= 11 is 0. The predicted molar refractivity (Wildman–Crippen MR) is 83.5 cm³/mol. The molecule has 4 rings (SSSR count). The molecule has 0 aliphatic heterocycles. The fourth-order valence-electron chi connectivity index (χ4n) is 2.53. The van der Waals surface area contributed by atoms with Crippen molar-refractivity contribution >= 4 is 28.4 Å². The highest BCUT2D eigenvalue weighted by Gasteiger charge is 2.10. The van der Waals surface area contributed by atoms with Gasteiger partial charge in [-0.1, -0.05) is 58.8 Å². The van der Waals surface area contributed by atoms with Crippen LogP contribution in [0.1, 0.15) is 5.56 Å². The van der Waals surface area contributed by atoms with E-state index in [-0.39, 0.29) is 5.76 Å². The first kappa shape index (κ1) is 12.6. The summed E-state index contributed by atoms with van der Waals surface area (Å²) in [5, 5.41) is 17.8. The maximum Gasteiger partial charge on any atom is 0.197 e. The zero-order valence-electron chi connectivity index (χ0n) is 11.8. The Morgan fingerprint density at radius 3 is 2.59 bits per heavy atom. The Hall–Kier alpha value is -3.14. The van der Waals surface area contributed by atoms with Crippen LogP contribution in [0.4, 0.5) is 0 Å². The van der Waals surface area contributed by atoms with Gasteiger partial charge < -0.3 is 5.11 Å². The maximum atomic E-state index is 12.2. The minimum atomic E-state index is -0.0710. The molecule has 0 amide bonds. The maximum absolute atomic E-state index is 12.2. The SMILES string of the molecule is [O-]/C(=C\[n+]1cc2ccc3ccccc3n2n1)c1ccccc1. The van der Waals surface area contributed by atoms with Crippen LogP contribution < -0.4 is 9.79 Å². The van der Waals surface area contributed by atoms with E-state index in [0.717, 1.165) is 16.4 Å². The third-order valence-electron chi connectivity index (χ3n) is 3.61. The molecule has 22 heavy (non-hydrogen) atoms. The van der Waals surface area contributed by atoms with Crippen LogP contribution in [0, 0.1) is 0 Å². The Labute approximate surface area is 127 Å². The molecular formula is C18H13N3O. The molecule has 0 bridgehead atoms. The van der Waals surface area contributed by atoms with Gasteiger partial charge in [-0.2, -0.15) is 0 Å². The van der Waals surface area contributed by atoms with Crippen molar-refractivity contribution in [2.24, 2.45) is 0 Å². The monoisotopic (exact) mass is 287 g/mol. The van der Waals surface area contributed by atoms with E-state index in [9.17, 15) is 5.11 Å². The number of aromatic nitrogens is 3. The highest BCUT2D eigenvalue weighted by molar-refractivity contribution is 5.81. The lowest BCUT2D eigenvalue weighted by atomic mass is 10.2. The van der Waals surface area contributed by atoms with Crippen molar-refractivity contribution in [3.05, 3.63) is 78.5 Å². The normalized spacial score (nSPS) is 12.1. The van der Waals surface area contributed by atoms with E-state index in [2.05, 4.69) is 11.3 Å². The summed E-state index contributed by atoms with van der Waals surface area (Å²) in [6, 6.07) is 21.3. The van der Waals surface area contributed by atoms with Crippen molar-refractivity contribution < 1.29 is 9.79 Å². The van der Waals surface area contributed by atoms with Crippen molar-refractivity contribution in [1.29, 1.82) is 0 Å². The third kappa shape index (κ3) is 2.11. The molecule has 0 radical (unpaired) electrons. The second-order valence-corrected chi connectivity index (χ2v) is 5.09. The smallest absolute Gasteiger partial charge is 0.197 e. The van der Waals surface area contributed by atoms with E-state index < -0.39 is 0 Å². The van der Waals surface area contributed by atoms with Gasteiger partial charge >= 0.3 is 0 Å². The molecule has 4 aromatic rings. The minimum absolute atomic E-state index is 0.0710. The van der Waals surface area contributed by atoms with Gasteiger partial charge in [-0.15, -0.1) is 4.68 Å². The van der Waals surface area contributed by atoms with E-state index >= 15 is 0 Å². The fraction of sp³-hybridized carbons (Fsp3) is 0. The van der Waals surface area contributed by atoms with Crippen LogP contribution in [0.2, 0.25) is 0 Å². The Balaban J connectivity index is 1.85. The molecular weight excluding hydrogens is 274 g/mol. The van der Waals surface area contributed by atoms with Crippen LogP contribution in [0.3, 0.4) is 0 Å². The van der Waals surface area contributed by atoms with Gasteiger partial charge in [0.05, 0.1) is 0 Å². The van der Waals surface area contributed by atoms with Crippen LogP contribution in [-0.2, 0) is 0 Å². The second kappa shape index (κ2) is 5.00. The lowest BCUT2D eigenvalue weighted by molar-refractivity contribution is -0.635. The van der Waals surface area contributed by atoms with Crippen molar-refractivity contribution in [2.45, 2.75) is 0 Å². The van der Waals surface area contributed by atoms with Crippen LogP contribution in [0.15, 0.2) is 72.9 Å². The number of hydrogen-bond donors (Lipinski definition) is 0. The van der Waals surface area contributed by atoms with Gasteiger partial charge in [0.15, 0.2) is 17.2 Å². The first-order valence-corrected chi connectivity index (χ1v) is 7.04. The Kier molecular flexibility index (Phi) is 2.86. The molecule has 0 atom stereocenters. The Bertz CT molecular complexity index is 987. The van der Waals surface area contributed by atoms with E-state index in [4.69, 9.17) is 0 Å². The van der Waals surface area contributed by atoms with E-state index in [1.54, 1.807) is 16.8 Å². The topological polar surface area (TPSA) is 44.2 Å². The zero-order chi connectivity index (χ0) is 14.9. The predicted octanol–water partition coefficient (Wildman–Crippen LogP) is 2.09. The van der Waals surface area contributed by atoms with Gasteiger partial charge in [0.25, 0.3) is 0 Å². The number of pyridine rings is 1. The number of hydrogen-bond acceptors (Lipinski definition) is 2. The highest BCUT2D eigenvalue weighted by atomic mass is 16.3. The largest absolute Gasteiger partial charge is 0.870 e. The Morgan fingerprint density at radius 1 is 0.955 bits per heavy atom. The van der Waals surface area contributed by atoms with Crippen molar-refractivity contribution in [3.8, 4) is 0 Å². The standard InChI is InChI=1S/C18H13N3O/c22-18(15-7-2-1-3-8-15)13-20-12-16-11-10-14-6-4-5-9-17(14)21(16)19-20/h1-13H. The number of benzene rings is 2. The molecule has 4 heteroatoms. The average molecular weight is 287 g/mol. The van der Waals surface area contributed by atoms with Gasteiger partial charge in [-0.3, -0.25) is 0 Å². The lowest BCUT2D eigenvalue weighted by Gasteiger charge is -2.08. The number of nitrogens with zero attached hydrogens (tertiary/aromatic N) is 3. The van der Waals surface area contributed by atoms with Gasteiger partial charge in [-0.25, -0.2) is 0 Å². The lowest BCUT2D eigenvalue weighted by Crippen LogP contribution is -2.29. The van der Waals surface area contributed by atoms with Gasteiger partial charge in [0, 0.05) is 5.39 Å². The summed E-state index contributed by atoms with van der Waals surface area (Å²) in [7, 11) is 0. The quantitative estimate of drug-likeness (QED) is 0.418. The molecule has 2 aromatic carbocycles. The summed E-state index contributed by atoms with van der Waals surface area (Å²) in [6.07, 6.45) is 3.34. The number of rotatable bonds is 2. The molecule has 0 spiro atoms. The first-order chi connectivity index (χ1) is 10.8. The van der Waals surface area contributed by atoms with Crippen molar-refractivity contribution in [3.63, 3.8) is 0 Å². The van der Waals surface area contributed by atoms with E-state index in [0.29, 0.717) is 5.56 Å². The van der Waals surface area contributed by atoms with Gasteiger partial charge in [0.2, 0.25) is 0 Å². The second-order valence-electron chi connectivity index (χ2n) is 5.09. The fourth-order valence-corrected chi connectivity index (χ4v) is 2.53. The molecule has 2 heterocycles. The molecule has 0 fully saturated rings. The molecule has 106 valence electrons. The minimum Gasteiger partial charge on any atom is -0.870 e. The summed E-state index contributed by atoms with van der Waals surface area (Å²) in [4.78, 5) is 0. The van der Waals surface area contributed by atoms with Crippen LogP contribution >= 0.6 is 0 Å². The number of fused-ring (bicyclic) bond motifs is 3. The van der Waals surface area contributed by atoms with Gasteiger partial charge in [-0.05, 0) is 23.8 Å². The van der Waals surface area contributed by atoms with E-state index in [1.165, 1.54) is 6.20 Å².